The lowest BCUT2D eigenvalue weighted by Gasteiger charge is -2.11. The van der Waals surface area contributed by atoms with E-state index < -0.39 is 11.5 Å². The highest BCUT2D eigenvalue weighted by Crippen LogP contribution is 2.26. The first-order valence-corrected chi connectivity index (χ1v) is 7.04. The fourth-order valence-electron chi connectivity index (χ4n) is 2.48. The average molecular weight is 309 g/mol. The van der Waals surface area contributed by atoms with Crippen molar-refractivity contribution in [3.8, 4) is 5.75 Å². The van der Waals surface area contributed by atoms with Crippen LogP contribution in [0.2, 0.25) is 0 Å². The van der Waals surface area contributed by atoms with Crippen LogP contribution in [0.3, 0.4) is 0 Å². The Bertz CT molecular complexity index is 976. The van der Waals surface area contributed by atoms with Crippen LogP contribution in [-0.4, -0.2) is 20.6 Å². The van der Waals surface area contributed by atoms with E-state index in [1.807, 2.05) is 0 Å². The van der Waals surface area contributed by atoms with E-state index in [4.69, 9.17) is 0 Å². The molecule has 0 aliphatic rings. The van der Waals surface area contributed by atoms with E-state index in [-0.39, 0.29) is 11.3 Å². The lowest BCUT2D eigenvalue weighted by atomic mass is 10.1. The van der Waals surface area contributed by atoms with Crippen LogP contribution >= 0.6 is 0 Å². The zero-order valence-electron chi connectivity index (χ0n) is 12.7. The van der Waals surface area contributed by atoms with Crippen molar-refractivity contribution in [1.82, 2.24) is 9.55 Å². The van der Waals surface area contributed by atoms with E-state index in [1.54, 1.807) is 56.4 Å². The van der Waals surface area contributed by atoms with Crippen molar-refractivity contribution in [3.05, 3.63) is 64.1 Å². The highest BCUT2D eigenvalue weighted by molar-refractivity contribution is 6.08. The van der Waals surface area contributed by atoms with Crippen LogP contribution < -0.4 is 10.9 Å². The number of carbonyl (C=O) groups excluding carboxylic acids is 1. The zero-order valence-corrected chi connectivity index (χ0v) is 12.7. The maximum absolute atomic E-state index is 12.4. The minimum atomic E-state index is -0.688. The third-order valence-corrected chi connectivity index (χ3v) is 3.63. The number of fused-ring (bicyclic) bond motifs is 1. The third kappa shape index (κ3) is 2.55. The van der Waals surface area contributed by atoms with Gasteiger partial charge in [-0.1, -0.05) is 18.2 Å². The summed E-state index contributed by atoms with van der Waals surface area (Å²) in [6.45, 7) is 1.79. The van der Waals surface area contributed by atoms with Gasteiger partial charge in [0.25, 0.3) is 11.5 Å². The molecule has 3 rings (SSSR count). The minimum absolute atomic E-state index is 0.297. The van der Waals surface area contributed by atoms with E-state index in [2.05, 4.69) is 10.3 Å². The number of pyridine rings is 2. The second-order valence-electron chi connectivity index (χ2n) is 5.22. The van der Waals surface area contributed by atoms with E-state index in [9.17, 15) is 14.7 Å². The molecule has 0 fully saturated rings. The number of aromatic hydroxyl groups is 1. The maximum atomic E-state index is 12.4. The topological polar surface area (TPSA) is 84.2 Å². The summed E-state index contributed by atoms with van der Waals surface area (Å²) < 4.78 is 1.34. The molecule has 1 aromatic carbocycles. The van der Waals surface area contributed by atoms with Gasteiger partial charge in [0.15, 0.2) is 0 Å². The Kier molecular flexibility index (Phi) is 3.57. The lowest BCUT2D eigenvalue weighted by molar-refractivity contribution is 0.102. The molecule has 3 aromatic rings. The van der Waals surface area contributed by atoms with E-state index in [1.165, 1.54) is 4.57 Å². The molecule has 0 saturated heterocycles. The van der Waals surface area contributed by atoms with E-state index in [0.29, 0.717) is 16.7 Å². The molecule has 23 heavy (non-hydrogen) atoms. The number of nitrogens with zero attached hydrogens (tertiary/aromatic N) is 2. The summed E-state index contributed by atoms with van der Waals surface area (Å²) in [5, 5.41) is 13.4. The summed E-state index contributed by atoms with van der Waals surface area (Å²) >= 11 is 0. The van der Waals surface area contributed by atoms with E-state index >= 15 is 0 Å². The van der Waals surface area contributed by atoms with Gasteiger partial charge < -0.3 is 15.0 Å². The molecule has 0 aliphatic heterocycles. The minimum Gasteiger partial charge on any atom is -0.506 e. The number of rotatable bonds is 2. The molecular weight excluding hydrogens is 294 g/mol. The SMILES string of the molecule is Cc1cccc(NC(=O)c2c(O)c3ccccc3n(C)c2=O)n1. The normalized spacial score (nSPS) is 10.7. The first kappa shape index (κ1) is 14.8. The Hall–Kier alpha value is -3.15. The molecule has 0 atom stereocenters. The number of anilines is 1. The number of aryl methyl sites for hydroxylation is 2. The Morgan fingerprint density at radius 2 is 1.91 bits per heavy atom. The average Bonchev–Trinajstić information content (AvgIpc) is 2.53. The zero-order chi connectivity index (χ0) is 16.6. The number of benzene rings is 1. The van der Waals surface area contributed by atoms with Crippen molar-refractivity contribution in [1.29, 1.82) is 0 Å². The quantitative estimate of drug-likeness (QED) is 0.760. The number of hydrogen-bond donors (Lipinski definition) is 2. The molecule has 116 valence electrons. The van der Waals surface area contributed by atoms with Crippen LogP contribution in [0.1, 0.15) is 16.1 Å². The first-order valence-electron chi connectivity index (χ1n) is 7.04. The number of amides is 1. The largest absolute Gasteiger partial charge is 0.506 e. The predicted octanol–water partition coefficient (Wildman–Crippen LogP) is 2.20. The van der Waals surface area contributed by atoms with Crippen molar-refractivity contribution in [2.75, 3.05) is 5.32 Å². The van der Waals surface area contributed by atoms with Crippen LogP contribution in [0.5, 0.6) is 5.75 Å². The predicted molar refractivity (Wildman–Crippen MR) is 87.8 cm³/mol. The second kappa shape index (κ2) is 5.57. The second-order valence-corrected chi connectivity index (χ2v) is 5.22. The molecule has 0 aliphatic carbocycles. The van der Waals surface area contributed by atoms with Crippen molar-refractivity contribution in [2.45, 2.75) is 6.92 Å². The molecule has 0 radical (unpaired) electrons. The summed E-state index contributed by atoms with van der Waals surface area (Å²) in [4.78, 5) is 29.0. The lowest BCUT2D eigenvalue weighted by Crippen LogP contribution is -2.28. The van der Waals surface area contributed by atoms with Gasteiger partial charge in [0.1, 0.15) is 17.1 Å². The van der Waals surface area contributed by atoms with E-state index in [0.717, 1.165) is 5.69 Å². The summed E-state index contributed by atoms with van der Waals surface area (Å²) in [7, 11) is 1.56. The molecule has 1 amide bonds. The Balaban J connectivity index is 2.12. The molecule has 6 nitrogen and oxygen atoms in total. The van der Waals surface area contributed by atoms with Crippen LogP contribution in [0.15, 0.2) is 47.3 Å². The number of hydrogen-bond acceptors (Lipinski definition) is 4. The fraction of sp³-hybridized carbons (Fsp3) is 0.118. The first-order chi connectivity index (χ1) is 11.0. The van der Waals surface area contributed by atoms with Gasteiger partial charge in [-0.2, -0.15) is 0 Å². The van der Waals surface area contributed by atoms with Gasteiger partial charge in [-0.05, 0) is 31.2 Å². The molecule has 0 spiro atoms. The molecule has 0 bridgehead atoms. The summed E-state index contributed by atoms with van der Waals surface area (Å²) in [6.07, 6.45) is 0. The van der Waals surface area contributed by atoms with Gasteiger partial charge in [-0.15, -0.1) is 0 Å². The maximum Gasteiger partial charge on any atom is 0.267 e. The van der Waals surface area contributed by atoms with Crippen LogP contribution in [0.4, 0.5) is 5.82 Å². The van der Waals surface area contributed by atoms with Gasteiger partial charge in [0.05, 0.1) is 5.52 Å². The molecule has 0 unspecified atom stereocenters. The number of nitrogens with one attached hydrogen (secondary N) is 1. The van der Waals surface area contributed by atoms with Crippen LogP contribution in [0.25, 0.3) is 10.9 Å². The highest BCUT2D eigenvalue weighted by Gasteiger charge is 2.21. The summed E-state index contributed by atoms with van der Waals surface area (Å²) in [5.41, 5.74) is 0.430. The monoisotopic (exact) mass is 309 g/mol. The Morgan fingerprint density at radius 1 is 1.17 bits per heavy atom. The molecule has 2 N–H and O–H groups in total. The molecule has 0 saturated carbocycles. The van der Waals surface area contributed by atoms with Gasteiger partial charge in [0, 0.05) is 18.1 Å². The van der Waals surface area contributed by atoms with Crippen molar-refractivity contribution >= 4 is 22.6 Å². The Morgan fingerprint density at radius 3 is 2.65 bits per heavy atom. The smallest absolute Gasteiger partial charge is 0.267 e. The van der Waals surface area contributed by atoms with Crippen molar-refractivity contribution < 1.29 is 9.90 Å². The fourth-order valence-corrected chi connectivity index (χ4v) is 2.48. The molecule has 2 heterocycles. The molecule has 6 heteroatoms. The van der Waals surface area contributed by atoms with Gasteiger partial charge in [-0.25, -0.2) is 4.98 Å². The molecule has 2 aromatic heterocycles. The number of carbonyl (C=O) groups is 1. The Labute approximate surface area is 132 Å². The number of para-hydroxylation sites is 1. The van der Waals surface area contributed by atoms with Gasteiger partial charge in [0.2, 0.25) is 0 Å². The van der Waals surface area contributed by atoms with Crippen LogP contribution in [0, 0.1) is 6.92 Å². The van der Waals surface area contributed by atoms with Crippen molar-refractivity contribution in [2.24, 2.45) is 7.05 Å². The highest BCUT2D eigenvalue weighted by atomic mass is 16.3. The summed E-state index contributed by atoms with van der Waals surface area (Å²) in [6, 6.07) is 12.0. The number of aromatic nitrogens is 2. The molecular formula is C17H15N3O3. The summed E-state index contributed by atoms with van der Waals surface area (Å²) in [5.74, 6) is -0.689. The van der Waals surface area contributed by atoms with Crippen LogP contribution in [-0.2, 0) is 7.05 Å². The van der Waals surface area contributed by atoms with Crippen molar-refractivity contribution in [3.63, 3.8) is 0 Å². The van der Waals surface area contributed by atoms with Gasteiger partial charge in [-0.3, -0.25) is 9.59 Å². The third-order valence-electron chi connectivity index (χ3n) is 3.63. The van der Waals surface area contributed by atoms with Gasteiger partial charge >= 0.3 is 0 Å². The standard InChI is InChI=1S/C17H15N3O3/c1-10-6-5-9-13(18-10)19-16(22)14-15(21)11-7-3-4-8-12(11)20(2)17(14)23/h3-9,21H,1-2H3,(H,18,19,22).